The van der Waals surface area contributed by atoms with Crippen LogP contribution in [0.15, 0.2) is 73.2 Å². The number of nitrogens with zero attached hydrogens (tertiary/aromatic N) is 3. The van der Waals surface area contributed by atoms with Crippen molar-refractivity contribution in [3.05, 3.63) is 84.4 Å². The molecular formula is C24H24N4O3. The van der Waals surface area contributed by atoms with E-state index in [0.717, 1.165) is 33.7 Å². The Labute approximate surface area is 180 Å². The van der Waals surface area contributed by atoms with Gasteiger partial charge in [0.1, 0.15) is 11.6 Å². The first-order valence-corrected chi connectivity index (χ1v) is 10.1. The molecule has 0 saturated carbocycles. The van der Waals surface area contributed by atoms with Crippen LogP contribution in [0, 0.1) is 0 Å². The van der Waals surface area contributed by atoms with Gasteiger partial charge in [-0.1, -0.05) is 12.1 Å². The van der Waals surface area contributed by atoms with E-state index in [0.29, 0.717) is 13.0 Å². The zero-order valence-electron chi connectivity index (χ0n) is 17.2. The molecule has 7 heteroatoms. The smallest absolute Gasteiger partial charge is 0.305 e. The Kier molecular flexibility index (Phi) is 6.12. The van der Waals surface area contributed by atoms with E-state index >= 15 is 0 Å². The normalized spacial score (nSPS) is 11.9. The zero-order valence-corrected chi connectivity index (χ0v) is 17.2. The van der Waals surface area contributed by atoms with E-state index in [1.165, 1.54) is 0 Å². The molecule has 3 aromatic heterocycles. The molecule has 0 spiro atoms. The average molecular weight is 416 g/mol. The molecule has 4 aromatic rings. The Morgan fingerprint density at radius 2 is 2.10 bits per heavy atom. The number of carbonyl (C=O) groups is 1. The summed E-state index contributed by atoms with van der Waals surface area (Å²) in [5.41, 5.74) is 2.77. The molecule has 0 saturated heterocycles. The minimum atomic E-state index is -0.855. The largest absolute Gasteiger partial charge is 0.493 e. The fourth-order valence-electron chi connectivity index (χ4n) is 3.65. The topological polar surface area (TPSA) is 89.3 Å². The van der Waals surface area contributed by atoms with Crippen LogP contribution in [0.4, 0.5) is 5.82 Å². The number of carboxylic acid groups (broad SMARTS) is 1. The Hall–Kier alpha value is -3.87. The van der Waals surface area contributed by atoms with Crippen molar-refractivity contribution in [3.63, 3.8) is 0 Å². The van der Waals surface area contributed by atoms with Gasteiger partial charge in [0.05, 0.1) is 19.1 Å². The molecule has 2 N–H and O–H groups in total. The van der Waals surface area contributed by atoms with Gasteiger partial charge in [0.2, 0.25) is 0 Å². The summed E-state index contributed by atoms with van der Waals surface area (Å²) in [6.45, 7) is 0.518. The highest BCUT2D eigenvalue weighted by molar-refractivity contribution is 5.82. The lowest BCUT2D eigenvalue weighted by atomic mass is 10.1. The molecule has 1 atom stereocenters. The summed E-state index contributed by atoms with van der Waals surface area (Å²) in [7, 11) is 1.85. The van der Waals surface area contributed by atoms with Gasteiger partial charge in [0.25, 0.3) is 0 Å². The number of carboxylic acids is 1. The van der Waals surface area contributed by atoms with E-state index in [9.17, 15) is 9.90 Å². The molecule has 31 heavy (non-hydrogen) atoms. The number of hydrogen-bond donors (Lipinski definition) is 2. The number of ether oxygens (including phenoxy) is 1. The molecule has 7 nitrogen and oxygen atoms in total. The second-order valence-corrected chi connectivity index (χ2v) is 7.21. The summed E-state index contributed by atoms with van der Waals surface area (Å²) in [5.74, 6) is 0.752. The van der Waals surface area contributed by atoms with Gasteiger partial charge in [-0.3, -0.25) is 9.78 Å². The predicted octanol–water partition coefficient (Wildman–Crippen LogP) is 4.16. The Morgan fingerprint density at radius 3 is 2.87 bits per heavy atom. The third-order valence-electron chi connectivity index (χ3n) is 5.15. The van der Waals surface area contributed by atoms with Gasteiger partial charge in [-0.25, -0.2) is 4.98 Å². The van der Waals surface area contributed by atoms with Crippen molar-refractivity contribution in [1.82, 2.24) is 14.5 Å². The third kappa shape index (κ3) is 4.83. The predicted molar refractivity (Wildman–Crippen MR) is 120 cm³/mol. The molecular weight excluding hydrogens is 392 g/mol. The van der Waals surface area contributed by atoms with Crippen molar-refractivity contribution >= 4 is 22.7 Å². The maximum atomic E-state index is 11.5. The number of anilines is 1. The van der Waals surface area contributed by atoms with Crippen molar-refractivity contribution in [2.75, 3.05) is 19.0 Å². The average Bonchev–Trinajstić information content (AvgIpc) is 3.21. The fraction of sp³-hybridized carbons (Fsp3) is 0.208. The standard InChI is InChI=1S/C24H24N4O3/c1-25-23-6-2-5-19(27-23)10-13-31-20-7-8-21-17(14-20)9-12-28(21)22(15-24(29)30)18-4-3-11-26-16-18/h2-9,11-12,14,16,22H,10,13,15H2,1H3,(H,25,27)(H,29,30). The van der Waals surface area contributed by atoms with E-state index in [2.05, 4.69) is 15.3 Å². The number of fused-ring (bicyclic) bond motifs is 1. The number of aromatic nitrogens is 3. The summed E-state index contributed by atoms with van der Waals surface area (Å²) in [5, 5.41) is 13.4. The van der Waals surface area contributed by atoms with Gasteiger partial charge in [-0.2, -0.15) is 0 Å². The van der Waals surface area contributed by atoms with Crippen molar-refractivity contribution in [3.8, 4) is 5.75 Å². The fourth-order valence-corrected chi connectivity index (χ4v) is 3.65. The van der Waals surface area contributed by atoms with Crippen LogP contribution < -0.4 is 10.1 Å². The second kappa shape index (κ2) is 9.30. The lowest BCUT2D eigenvalue weighted by Gasteiger charge is -2.19. The molecule has 0 radical (unpaired) electrons. The maximum Gasteiger partial charge on any atom is 0.305 e. The van der Waals surface area contributed by atoms with Crippen LogP contribution in [0.5, 0.6) is 5.75 Å². The molecule has 158 valence electrons. The number of hydrogen-bond acceptors (Lipinski definition) is 5. The molecule has 3 heterocycles. The van der Waals surface area contributed by atoms with Crippen LogP contribution in [0.3, 0.4) is 0 Å². The third-order valence-corrected chi connectivity index (χ3v) is 5.15. The van der Waals surface area contributed by atoms with Gasteiger partial charge in [-0.05, 0) is 48.0 Å². The first-order valence-electron chi connectivity index (χ1n) is 10.1. The Morgan fingerprint density at radius 1 is 1.19 bits per heavy atom. The van der Waals surface area contributed by atoms with Gasteiger partial charge in [-0.15, -0.1) is 0 Å². The molecule has 0 aliphatic heterocycles. The number of rotatable bonds is 9. The van der Waals surface area contributed by atoms with Crippen LogP contribution >= 0.6 is 0 Å². The summed E-state index contributed by atoms with van der Waals surface area (Å²) in [4.78, 5) is 20.1. The number of aliphatic carboxylic acids is 1. The lowest BCUT2D eigenvalue weighted by molar-refractivity contribution is -0.137. The molecule has 4 rings (SSSR count). The van der Waals surface area contributed by atoms with Gasteiger partial charge < -0.3 is 19.7 Å². The monoisotopic (exact) mass is 416 g/mol. The van der Waals surface area contributed by atoms with Gasteiger partial charge >= 0.3 is 5.97 Å². The van der Waals surface area contributed by atoms with E-state index in [1.54, 1.807) is 12.4 Å². The van der Waals surface area contributed by atoms with Crippen LogP contribution in [0.1, 0.15) is 23.7 Å². The van der Waals surface area contributed by atoms with E-state index < -0.39 is 5.97 Å². The van der Waals surface area contributed by atoms with Gasteiger partial charge in [0, 0.05) is 48.7 Å². The van der Waals surface area contributed by atoms with Crippen molar-refractivity contribution < 1.29 is 14.6 Å². The summed E-state index contributed by atoms with van der Waals surface area (Å²) >= 11 is 0. The first kappa shape index (κ1) is 20.4. The highest BCUT2D eigenvalue weighted by Crippen LogP contribution is 2.29. The number of benzene rings is 1. The second-order valence-electron chi connectivity index (χ2n) is 7.21. The molecule has 1 aromatic carbocycles. The summed E-state index contributed by atoms with van der Waals surface area (Å²) < 4.78 is 7.92. The van der Waals surface area contributed by atoms with Crippen molar-refractivity contribution in [1.29, 1.82) is 0 Å². The SMILES string of the molecule is CNc1cccc(CCOc2ccc3c(ccn3C(CC(=O)O)c3cccnc3)c2)n1. The molecule has 0 amide bonds. The Balaban J connectivity index is 1.51. The minimum absolute atomic E-state index is 0.0214. The number of nitrogens with one attached hydrogen (secondary N) is 1. The molecule has 0 bridgehead atoms. The Bertz CT molecular complexity index is 1170. The minimum Gasteiger partial charge on any atom is -0.493 e. The summed E-state index contributed by atoms with van der Waals surface area (Å²) in [6.07, 6.45) is 6.00. The van der Waals surface area contributed by atoms with Crippen LogP contribution in [0.2, 0.25) is 0 Å². The molecule has 0 aliphatic rings. The molecule has 0 aliphatic carbocycles. The lowest BCUT2D eigenvalue weighted by Crippen LogP contribution is -2.14. The van der Waals surface area contributed by atoms with Crippen molar-refractivity contribution in [2.24, 2.45) is 0 Å². The molecule has 0 fully saturated rings. The molecule has 1 unspecified atom stereocenters. The highest BCUT2D eigenvalue weighted by Gasteiger charge is 2.19. The van der Waals surface area contributed by atoms with E-state index in [4.69, 9.17) is 4.74 Å². The van der Waals surface area contributed by atoms with E-state index in [1.807, 2.05) is 72.4 Å². The summed E-state index contributed by atoms with van der Waals surface area (Å²) in [6, 6.07) is 17.1. The number of pyridine rings is 2. The first-order chi connectivity index (χ1) is 15.1. The van der Waals surface area contributed by atoms with Crippen LogP contribution in [-0.4, -0.2) is 39.3 Å². The quantitative estimate of drug-likeness (QED) is 0.426. The zero-order chi connectivity index (χ0) is 21.6. The highest BCUT2D eigenvalue weighted by atomic mass is 16.5. The van der Waals surface area contributed by atoms with Crippen LogP contribution in [0.25, 0.3) is 10.9 Å². The van der Waals surface area contributed by atoms with Gasteiger partial charge in [0.15, 0.2) is 0 Å². The van der Waals surface area contributed by atoms with E-state index in [-0.39, 0.29) is 12.5 Å². The van der Waals surface area contributed by atoms with Crippen LogP contribution in [-0.2, 0) is 11.2 Å². The van der Waals surface area contributed by atoms with Crippen molar-refractivity contribution in [2.45, 2.75) is 18.9 Å². The maximum absolute atomic E-state index is 11.5.